The van der Waals surface area contributed by atoms with E-state index in [1.165, 1.54) is 6.07 Å². The van der Waals surface area contributed by atoms with E-state index in [0.717, 1.165) is 6.07 Å². The van der Waals surface area contributed by atoms with Gasteiger partial charge in [-0.15, -0.1) is 0 Å². The largest absolute Gasteiger partial charge is 0.479 e. The van der Waals surface area contributed by atoms with Crippen LogP contribution in [-0.2, 0) is 4.79 Å². The molecule has 0 saturated carbocycles. The van der Waals surface area contributed by atoms with Crippen LogP contribution in [0.3, 0.4) is 0 Å². The lowest BCUT2D eigenvalue weighted by Gasteiger charge is -2.14. The summed E-state index contributed by atoms with van der Waals surface area (Å²) < 4.78 is 18.7. The lowest BCUT2D eigenvalue weighted by Crippen LogP contribution is -2.26. The summed E-state index contributed by atoms with van der Waals surface area (Å²) >= 11 is 8.66. The van der Waals surface area contributed by atoms with Gasteiger partial charge in [-0.2, -0.15) is 0 Å². The average molecular weight is 312 g/mol. The second-order valence-corrected chi connectivity index (χ2v) is 4.31. The normalized spacial score (nSPS) is 12.2. The number of ether oxygens (including phenoxy) is 1. The Kier molecular flexibility index (Phi) is 4.56. The SMILES string of the molecule is CCC(Oc1cc(F)c(Cl)cc1Br)C(=O)O. The predicted molar refractivity (Wildman–Crippen MR) is 61.5 cm³/mol. The molecular weight excluding hydrogens is 302 g/mol. The molecule has 0 fully saturated rings. The number of carboxylic acid groups (broad SMARTS) is 1. The van der Waals surface area contributed by atoms with Crippen LogP contribution in [0.5, 0.6) is 5.75 Å². The van der Waals surface area contributed by atoms with Crippen molar-refractivity contribution in [3.05, 3.63) is 27.4 Å². The predicted octanol–water partition coefficient (Wildman–Crippen LogP) is 3.48. The second kappa shape index (κ2) is 5.50. The Morgan fingerprint density at radius 1 is 1.69 bits per heavy atom. The third kappa shape index (κ3) is 3.09. The summed E-state index contributed by atoms with van der Waals surface area (Å²) in [4.78, 5) is 10.7. The van der Waals surface area contributed by atoms with Gasteiger partial charge in [0.1, 0.15) is 11.6 Å². The molecule has 1 unspecified atom stereocenters. The Morgan fingerprint density at radius 2 is 2.31 bits per heavy atom. The van der Waals surface area contributed by atoms with Crippen LogP contribution in [0.15, 0.2) is 16.6 Å². The minimum absolute atomic E-state index is 0.0531. The zero-order valence-corrected chi connectivity index (χ0v) is 10.7. The van der Waals surface area contributed by atoms with Gasteiger partial charge in [-0.25, -0.2) is 9.18 Å². The summed E-state index contributed by atoms with van der Waals surface area (Å²) in [7, 11) is 0. The van der Waals surface area contributed by atoms with Crippen molar-refractivity contribution in [2.45, 2.75) is 19.4 Å². The summed E-state index contributed by atoms with van der Waals surface area (Å²) in [6, 6.07) is 2.37. The van der Waals surface area contributed by atoms with E-state index in [9.17, 15) is 9.18 Å². The van der Waals surface area contributed by atoms with Gasteiger partial charge in [-0.3, -0.25) is 0 Å². The average Bonchev–Trinajstić information content (AvgIpc) is 2.21. The van der Waals surface area contributed by atoms with E-state index < -0.39 is 17.9 Å². The van der Waals surface area contributed by atoms with Crippen LogP contribution >= 0.6 is 27.5 Å². The smallest absolute Gasteiger partial charge is 0.344 e. The molecule has 88 valence electrons. The number of halogens is 3. The standard InChI is InChI=1S/C10H9BrClFO3/c1-2-8(10(14)15)16-9-4-7(13)6(12)3-5(9)11/h3-4,8H,2H2,1H3,(H,14,15). The van der Waals surface area contributed by atoms with Crippen LogP contribution < -0.4 is 4.74 Å². The zero-order chi connectivity index (χ0) is 12.3. The van der Waals surface area contributed by atoms with Gasteiger partial charge in [0.2, 0.25) is 0 Å². The fraction of sp³-hybridized carbons (Fsp3) is 0.300. The van der Waals surface area contributed by atoms with E-state index in [1.807, 2.05) is 0 Å². The van der Waals surface area contributed by atoms with Crippen molar-refractivity contribution in [1.29, 1.82) is 0 Å². The summed E-state index contributed by atoms with van der Waals surface area (Å²) in [5.41, 5.74) is 0. The molecule has 0 aromatic heterocycles. The molecule has 1 aromatic carbocycles. The highest BCUT2D eigenvalue weighted by Crippen LogP contribution is 2.31. The van der Waals surface area contributed by atoms with Gasteiger partial charge in [-0.1, -0.05) is 18.5 Å². The molecule has 6 heteroatoms. The second-order valence-electron chi connectivity index (χ2n) is 3.05. The van der Waals surface area contributed by atoms with Gasteiger partial charge < -0.3 is 9.84 Å². The quantitative estimate of drug-likeness (QED) is 0.866. The first-order chi connectivity index (χ1) is 7.45. The van der Waals surface area contributed by atoms with E-state index in [-0.39, 0.29) is 17.2 Å². The molecule has 1 atom stereocenters. The van der Waals surface area contributed by atoms with Gasteiger partial charge in [0, 0.05) is 6.07 Å². The molecule has 1 N–H and O–H groups in total. The molecule has 3 nitrogen and oxygen atoms in total. The molecule has 0 heterocycles. The summed E-state index contributed by atoms with van der Waals surface area (Å²) in [5.74, 6) is -1.62. The van der Waals surface area contributed by atoms with Crippen molar-refractivity contribution in [2.24, 2.45) is 0 Å². The third-order valence-electron chi connectivity index (χ3n) is 1.89. The molecule has 0 amide bonds. The fourth-order valence-electron chi connectivity index (χ4n) is 1.06. The van der Waals surface area contributed by atoms with E-state index in [4.69, 9.17) is 21.4 Å². The molecule has 0 aliphatic heterocycles. The molecule has 0 spiro atoms. The molecule has 0 aliphatic rings. The van der Waals surface area contributed by atoms with Crippen molar-refractivity contribution >= 4 is 33.5 Å². The minimum atomic E-state index is -1.09. The van der Waals surface area contributed by atoms with E-state index >= 15 is 0 Å². The Hall–Kier alpha value is -0.810. The molecule has 16 heavy (non-hydrogen) atoms. The minimum Gasteiger partial charge on any atom is -0.479 e. The van der Waals surface area contributed by atoms with Crippen LogP contribution in [0.4, 0.5) is 4.39 Å². The van der Waals surface area contributed by atoms with Crippen molar-refractivity contribution in [2.75, 3.05) is 0 Å². The zero-order valence-electron chi connectivity index (χ0n) is 8.34. The molecular formula is C10H9BrClFO3. The maximum atomic E-state index is 13.1. The number of carboxylic acids is 1. The molecule has 0 saturated heterocycles. The van der Waals surface area contributed by atoms with Gasteiger partial charge in [0.15, 0.2) is 6.10 Å². The van der Waals surface area contributed by atoms with Gasteiger partial charge in [0.05, 0.1) is 9.50 Å². The topological polar surface area (TPSA) is 46.5 Å². The maximum Gasteiger partial charge on any atom is 0.344 e. The van der Waals surface area contributed by atoms with Crippen LogP contribution in [0.25, 0.3) is 0 Å². The highest BCUT2D eigenvalue weighted by atomic mass is 79.9. The fourth-order valence-corrected chi connectivity index (χ4v) is 1.79. The van der Waals surface area contributed by atoms with E-state index in [2.05, 4.69) is 15.9 Å². The molecule has 0 bridgehead atoms. The van der Waals surface area contributed by atoms with Gasteiger partial charge >= 0.3 is 5.97 Å². The van der Waals surface area contributed by atoms with Crippen molar-refractivity contribution in [3.8, 4) is 5.75 Å². The number of hydrogen-bond donors (Lipinski definition) is 1. The van der Waals surface area contributed by atoms with Crippen molar-refractivity contribution in [3.63, 3.8) is 0 Å². The number of hydrogen-bond acceptors (Lipinski definition) is 2. The first-order valence-corrected chi connectivity index (χ1v) is 5.66. The number of rotatable bonds is 4. The highest BCUT2D eigenvalue weighted by molar-refractivity contribution is 9.10. The third-order valence-corrected chi connectivity index (χ3v) is 2.80. The summed E-state index contributed by atoms with van der Waals surface area (Å²) in [6.45, 7) is 1.67. The van der Waals surface area contributed by atoms with Crippen LogP contribution in [-0.4, -0.2) is 17.2 Å². The summed E-state index contributed by atoms with van der Waals surface area (Å²) in [5, 5.41) is 8.74. The van der Waals surface area contributed by atoms with E-state index in [1.54, 1.807) is 6.92 Å². The number of aliphatic carboxylic acids is 1. The van der Waals surface area contributed by atoms with Crippen LogP contribution in [0, 0.1) is 5.82 Å². The van der Waals surface area contributed by atoms with E-state index in [0.29, 0.717) is 4.47 Å². The number of benzene rings is 1. The van der Waals surface area contributed by atoms with Gasteiger partial charge in [0.25, 0.3) is 0 Å². The lowest BCUT2D eigenvalue weighted by molar-refractivity contribution is -0.145. The summed E-state index contributed by atoms with van der Waals surface area (Å²) in [6.07, 6.45) is -0.719. The van der Waals surface area contributed by atoms with Crippen LogP contribution in [0.1, 0.15) is 13.3 Å². The highest BCUT2D eigenvalue weighted by Gasteiger charge is 2.19. The molecule has 1 aromatic rings. The Labute approximate surface area is 105 Å². The monoisotopic (exact) mass is 310 g/mol. The first kappa shape index (κ1) is 13.3. The van der Waals surface area contributed by atoms with Crippen LogP contribution in [0.2, 0.25) is 5.02 Å². The number of carbonyl (C=O) groups is 1. The Balaban J connectivity index is 2.96. The van der Waals surface area contributed by atoms with Gasteiger partial charge in [-0.05, 0) is 28.4 Å². The molecule has 1 rings (SSSR count). The maximum absolute atomic E-state index is 13.1. The molecule has 0 aliphatic carbocycles. The van der Waals surface area contributed by atoms with Crippen molar-refractivity contribution in [1.82, 2.24) is 0 Å². The molecule has 0 radical (unpaired) electrons. The Morgan fingerprint density at radius 3 is 2.81 bits per heavy atom. The lowest BCUT2D eigenvalue weighted by atomic mass is 10.2. The first-order valence-electron chi connectivity index (χ1n) is 4.49. The Bertz CT molecular complexity index is 411. The van der Waals surface area contributed by atoms with Crippen molar-refractivity contribution < 1.29 is 19.0 Å².